The van der Waals surface area contributed by atoms with E-state index in [4.69, 9.17) is 23.2 Å². The van der Waals surface area contributed by atoms with Crippen LogP contribution >= 0.6 is 23.2 Å². The lowest BCUT2D eigenvalue weighted by Gasteiger charge is -2.34. The molecule has 4 aromatic carbocycles. The monoisotopic (exact) mass is 665 g/mol. The average Bonchev–Trinajstić information content (AvgIpc) is 3.03. The molecule has 236 valence electrons. The van der Waals surface area contributed by atoms with Crippen LogP contribution < -0.4 is 9.62 Å². The Morgan fingerprint density at radius 2 is 1.44 bits per heavy atom. The molecule has 0 unspecified atom stereocenters. The zero-order chi connectivity index (χ0) is 32.6. The number of amides is 2. The number of nitrogens with zero attached hydrogens (tertiary/aromatic N) is 2. The Hall–Kier alpha value is -3.85. The van der Waals surface area contributed by atoms with Gasteiger partial charge in [0.25, 0.3) is 10.0 Å². The summed E-state index contributed by atoms with van der Waals surface area (Å²) in [5.41, 5.74) is 2.43. The summed E-state index contributed by atoms with van der Waals surface area (Å²) >= 11 is 12.6. The van der Waals surface area contributed by atoms with E-state index in [1.165, 1.54) is 23.1 Å². The fourth-order valence-corrected chi connectivity index (χ4v) is 6.78. The number of nitrogens with one attached hydrogen (secondary N) is 1. The fourth-order valence-electron chi connectivity index (χ4n) is 4.91. The van der Waals surface area contributed by atoms with Crippen LogP contribution in [0.15, 0.2) is 108 Å². The highest BCUT2D eigenvalue weighted by molar-refractivity contribution is 7.92. The van der Waals surface area contributed by atoms with Gasteiger partial charge in [-0.05, 0) is 73.4 Å². The van der Waals surface area contributed by atoms with Gasteiger partial charge in [0.2, 0.25) is 11.8 Å². The van der Waals surface area contributed by atoms with Crippen LogP contribution in [0, 0.1) is 6.92 Å². The molecule has 0 fully saturated rings. The van der Waals surface area contributed by atoms with E-state index in [2.05, 4.69) is 5.32 Å². The molecular weight excluding hydrogens is 629 g/mol. The number of rotatable bonds is 13. The first kappa shape index (κ1) is 34.0. The van der Waals surface area contributed by atoms with Crippen LogP contribution in [0.3, 0.4) is 0 Å². The van der Waals surface area contributed by atoms with Crippen LogP contribution in [-0.4, -0.2) is 43.8 Å². The number of anilines is 1. The minimum atomic E-state index is -4.22. The Morgan fingerprint density at radius 3 is 2.09 bits per heavy atom. The van der Waals surface area contributed by atoms with Crippen molar-refractivity contribution in [3.8, 4) is 0 Å². The molecule has 0 spiro atoms. The minimum Gasteiger partial charge on any atom is -0.352 e. The summed E-state index contributed by atoms with van der Waals surface area (Å²) in [7, 11) is -4.22. The summed E-state index contributed by atoms with van der Waals surface area (Å²) in [6.45, 7) is 5.08. The van der Waals surface area contributed by atoms with Crippen molar-refractivity contribution in [2.75, 3.05) is 10.8 Å². The first-order valence-corrected chi connectivity index (χ1v) is 16.9. The van der Waals surface area contributed by atoms with Crippen LogP contribution in [0.4, 0.5) is 5.69 Å². The van der Waals surface area contributed by atoms with Gasteiger partial charge in [0, 0.05) is 29.1 Å². The third kappa shape index (κ3) is 8.87. The van der Waals surface area contributed by atoms with Gasteiger partial charge < -0.3 is 10.2 Å². The molecule has 0 saturated carbocycles. The molecular formula is C35H37Cl2N3O4S. The molecule has 2 amide bonds. The van der Waals surface area contributed by atoms with Gasteiger partial charge in [-0.15, -0.1) is 0 Å². The number of halogens is 2. The Morgan fingerprint density at radius 1 is 0.822 bits per heavy atom. The van der Waals surface area contributed by atoms with E-state index in [1.54, 1.807) is 55.5 Å². The van der Waals surface area contributed by atoms with Gasteiger partial charge >= 0.3 is 0 Å². The summed E-state index contributed by atoms with van der Waals surface area (Å²) in [6.07, 6.45) is 0.917. The fraction of sp³-hybridized carbons (Fsp3) is 0.257. The standard InChI is InChI=1S/C35H37Cl2N3O4S/c1-4-26(3)38-35(42)33(21-27-12-7-5-8-13-27)39(23-28-14-11-15-29(36)20-28)34(41)24-40(32-22-30(37)19-18-25(32)2)45(43,44)31-16-9-6-10-17-31/h5-20,22,26,33H,4,21,23-24H2,1-3H3,(H,38,42)/t26-,33+/m1/s1. The molecule has 0 aliphatic heterocycles. The van der Waals surface area contributed by atoms with Gasteiger partial charge in [0.15, 0.2) is 0 Å². The highest BCUT2D eigenvalue weighted by Crippen LogP contribution is 2.30. The van der Waals surface area contributed by atoms with E-state index in [9.17, 15) is 18.0 Å². The lowest BCUT2D eigenvalue weighted by atomic mass is 10.0. The minimum absolute atomic E-state index is 0.0221. The van der Waals surface area contributed by atoms with Gasteiger partial charge in [-0.25, -0.2) is 8.42 Å². The SMILES string of the molecule is CC[C@@H](C)NC(=O)[C@H](Cc1ccccc1)N(Cc1cccc(Cl)c1)C(=O)CN(c1cc(Cl)ccc1C)S(=O)(=O)c1ccccc1. The number of aryl methyl sites for hydroxylation is 1. The number of sulfonamides is 1. The zero-order valence-corrected chi connectivity index (χ0v) is 27.8. The number of hydrogen-bond acceptors (Lipinski definition) is 4. The quantitative estimate of drug-likeness (QED) is 0.166. The topological polar surface area (TPSA) is 86.8 Å². The Bertz CT molecular complexity index is 1720. The first-order valence-electron chi connectivity index (χ1n) is 14.7. The lowest BCUT2D eigenvalue weighted by Crippen LogP contribution is -2.54. The normalized spacial score (nSPS) is 12.6. The highest BCUT2D eigenvalue weighted by atomic mass is 35.5. The van der Waals surface area contributed by atoms with Crippen LogP contribution in [-0.2, 0) is 32.6 Å². The van der Waals surface area contributed by atoms with Crippen LogP contribution in [0.1, 0.15) is 37.0 Å². The number of benzene rings is 4. The van der Waals surface area contributed by atoms with Crippen molar-refractivity contribution in [1.29, 1.82) is 0 Å². The van der Waals surface area contributed by atoms with Crippen molar-refractivity contribution in [2.24, 2.45) is 0 Å². The first-order chi connectivity index (χ1) is 21.5. The predicted octanol–water partition coefficient (Wildman–Crippen LogP) is 7.05. The number of carbonyl (C=O) groups excluding carboxylic acids is 2. The maximum absolute atomic E-state index is 14.6. The summed E-state index contributed by atoms with van der Waals surface area (Å²) in [5, 5.41) is 3.83. The molecule has 4 aromatic rings. The molecule has 45 heavy (non-hydrogen) atoms. The molecule has 0 aromatic heterocycles. The smallest absolute Gasteiger partial charge is 0.264 e. The molecule has 0 radical (unpaired) electrons. The summed E-state index contributed by atoms with van der Waals surface area (Å²) < 4.78 is 29.4. The average molecular weight is 667 g/mol. The molecule has 0 aliphatic carbocycles. The number of carbonyl (C=O) groups is 2. The third-order valence-corrected chi connectivity index (χ3v) is 9.81. The molecule has 0 saturated heterocycles. The Kier molecular flexibility index (Phi) is 11.7. The van der Waals surface area contributed by atoms with Crippen LogP contribution in [0.5, 0.6) is 0 Å². The van der Waals surface area contributed by atoms with Gasteiger partial charge in [-0.3, -0.25) is 13.9 Å². The largest absolute Gasteiger partial charge is 0.352 e. The van der Waals surface area contributed by atoms with E-state index in [0.29, 0.717) is 27.6 Å². The molecule has 2 atom stereocenters. The molecule has 1 N–H and O–H groups in total. The van der Waals surface area contributed by atoms with Crippen molar-refractivity contribution >= 4 is 50.7 Å². The van der Waals surface area contributed by atoms with Gasteiger partial charge in [0.1, 0.15) is 12.6 Å². The van der Waals surface area contributed by atoms with Gasteiger partial charge in [-0.2, -0.15) is 0 Å². The molecule has 4 rings (SSSR count). The van der Waals surface area contributed by atoms with Crippen molar-refractivity contribution in [3.63, 3.8) is 0 Å². The molecule has 7 nitrogen and oxygen atoms in total. The van der Waals surface area contributed by atoms with Gasteiger partial charge in [-0.1, -0.05) is 96.9 Å². The second-order valence-electron chi connectivity index (χ2n) is 10.9. The van der Waals surface area contributed by atoms with E-state index < -0.39 is 28.5 Å². The third-order valence-electron chi connectivity index (χ3n) is 7.56. The molecule has 0 bridgehead atoms. The van der Waals surface area contributed by atoms with Gasteiger partial charge in [0.05, 0.1) is 10.6 Å². The maximum atomic E-state index is 14.6. The van der Waals surface area contributed by atoms with E-state index in [-0.39, 0.29) is 35.5 Å². The van der Waals surface area contributed by atoms with Crippen molar-refractivity contribution < 1.29 is 18.0 Å². The summed E-state index contributed by atoms with van der Waals surface area (Å²) in [5.74, 6) is -0.894. The van der Waals surface area contributed by atoms with Crippen molar-refractivity contribution in [1.82, 2.24) is 10.2 Å². The summed E-state index contributed by atoms with van der Waals surface area (Å²) in [4.78, 5) is 29.9. The zero-order valence-electron chi connectivity index (χ0n) is 25.5. The Balaban J connectivity index is 1.83. The number of hydrogen-bond donors (Lipinski definition) is 1. The molecule has 0 aliphatic rings. The van der Waals surface area contributed by atoms with E-state index in [0.717, 1.165) is 9.87 Å². The molecule has 10 heteroatoms. The predicted molar refractivity (Wildman–Crippen MR) is 181 cm³/mol. The second kappa shape index (κ2) is 15.4. The van der Waals surface area contributed by atoms with E-state index >= 15 is 0 Å². The van der Waals surface area contributed by atoms with Crippen molar-refractivity contribution in [2.45, 2.75) is 57.1 Å². The van der Waals surface area contributed by atoms with Crippen LogP contribution in [0.2, 0.25) is 10.0 Å². The lowest BCUT2D eigenvalue weighted by molar-refractivity contribution is -0.140. The Labute approximate surface area is 275 Å². The highest BCUT2D eigenvalue weighted by Gasteiger charge is 2.35. The second-order valence-corrected chi connectivity index (χ2v) is 13.7. The molecule has 0 heterocycles. The van der Waals surface area contributed by atoms with E-state index in [1.807, 2.05) is 50.2 Å². The summed E-state index contributed by atoms with van der Waals surface area (Å²) in [6, 6.07) is 28.2. The van der Waals surface area contributed by atoms with Crippen molar-refractivity contribution in [3.05, 3.63) is 130 Å². The maximum Gasteiger partial charge on any atom is 0.264 e. The van der Waals surface area contributed by atoms with Crippen LogP contribution in [0.25, 0.3) is 0 Å².